The average Bonchev–Trinajstić information content (AvgIpc) is 2.91. The van der Waals surface area contributed by atoms with E-state index in [0.29, 0.717) is 0 Å². The van der Waals surface area contributed by atoms with Crippen molar-refractivity contribution in [2.45, 2.75) is 19.5 Å². The maximum Gasteiger partial charge on any atom is 0.320 e. The molecule has 1 aromatic heterocycles. The number of carboxylic acid groups (broad SMARTS) is 1. The van der Waals surface area contributed by atoms with Gasteiger partial charge in [0.15, 0.2) is 0 Å². The molecule has 1 unspecified atom stereocenters. The highest BCUT2D eigenvalue weighted by Crippen LogP contribution is 2.20. The predicted molar refractivity (Wildman–Crippen MR) is 82.2 cm³/mol. The molecular formula is C16H21N3O2. The van der Waals surface area contributed by atoms with E-state index in [2.05, 4.69) is 34.3 Å². The lowest BCUT2D eigenvalue weighted by Gasteiger charge is -2.36. The number of aromatic amines is 1. The van der Waals surface area contributed by atoms with Gasteiger partial charge in [0.05, 0.1) is 0 Å². The molecule has 1 atom stereocenters. The van der Waals surface area contributed by atoms with Gasteiger partial charge in [0, 0.05) is 49.8 Å². The molecule has 0 amide bonds. The van der Waals surface area contributed by atoms with Crippen LogP contribution >= 0.6 is 0 Å². The third kappa shape index (κ3) is 2.94. The second-order valence-electron chi connectivity index (χ2n) is 5.69. The summed E-state index contributed by atoms with van der Waals surface area (Å²) >= 11 is 0. The molecule has 21 heavy (non-hydrogen) atoms. The first kappa shape index (κ1) is 14.1. The number of piperazine rings is 1. The zero-order chi connectivity index (χ0) is 14.8. The molecule has 5 nitrogen and oxygen atoms in total. The standard InChI is InChI=1S/C16H21N3O2/c1-12(16(20)21)19-8-6-18(7-9-19)11-13-10-17-15-5-3-2-4-14(13)15/h2-5,10,12,17H,6-9,11H2,1H3,(H,20,21). The lowest BCUT2D eigenvalue weighted by atomic mass is 10.1. The highest BCUT2D eigenvalue weighted by molar-refractivity contribution is 5.82. The Morgan fingerprint density at radius 3 is 2.71 bits per heavy atom. The lowest BCUT2D eigenvalue weighted by Crippen LogP contribution is -2.51. The van der Waals surface area contributed by atoms with Crippen LogP contribution < -0.4 is 0 Å². The van der Waals surface area contributed by atoms with Crippen molar-refractivity contribution in [3.8, 4) is 0 Å². The number of H-pyrrole nitrogens is 1. The van der Waals surface area contributed by atoms with Gasteiger partial charge in [-0.05, 0) is 18.6 Å². The fraction of sp³-hybridized carbons (Fsp3) is 0.438. The molecule has 1 aliphatic rings. The molecule has 0 saturated carbocycles. The van der Waals surface area contributed by atoms with E-state index in [1.54, 1.807) is 6.92 Å². The smallest absolute Gasteiger partial charge is 0.320 e. The average molecular weight is 287 g/mol. The summed E-state index contributed by atoms with van der Waals surface area (Å²) in [6.07, 6.45) is 2.08. The molecule has 0 bridgehead atoms. The number of aliphatic carboxylic acids is 1. The number of nitrogens with one attached hydrogen (secondary N) is 1. The van der Waals surface area contributed by atoms with E-state index in [0.717, 1.165) is 32.7 Å². The third-order valence-electron chi connectivity index (χ3n) is 4.38. The molecule has 5 heteroatoms. The van der Waals surface area contributed by atoms with Gasteiger partial charge < -0.3 is 10.1 Å². The van der Waals surface area contributed by atoms with Gasteiger partial charge in [-0.3, -0.25) is 14.6 Å². The van der Waals surface area contributed by atoms with E-state index in [9.17, 15) is 4.79 Å². The van der Waals surface area contributed by atoms with Gasteiger partial charge in [0.25, 0.3) is 0 Å². The first-order chi connectivity index (χ1) is 10.1. The van der Waals surface area contributed by atoms with Crippen molar-refractivity contribution in [2.75, 3.05) is 26.2 Å². The molecule has 1 fully saturated rings. The number of fused-ring (bicyclic) bond motifs is 1. The number of aromatic nitrogens is 1. The maximum absolute atomic E-state index is 11.0. The van der Waals surface area contributed by atoms with Gasteiger partial charge in [-0.2, -0.15) is 0 Å². The largest absolute Gasteiger partial charge is 0.480 e. The number of benzene rings is 1. The zero-order valence-corrected chi connectivity index (χ0v) is 12.2. The normalized spacial score (nSPS) is 18.9. The van der Waals surface area contributed by atoms with Crippen molar-refractivity contribution >= 4 is 16.9 Å². The van der Waals surface area contributed by atoms with Crippen molar-refractivity contribution in [3.63, 3.8) is 0 Å². The Bertz CT molecular complexity index is 629. The monoisotopic (exact) mass is 287 g/mol. The summed E-state index contributed by atoms with van der Waals surface area (Å²) in [5.41, 5.74) is 2.48. The van der Waals surface area contributed by atoms with Crippen LogP contribution in [0.2, 0.25) is 0 Å². The van der Waals surface area contributed by atoms with Crippen LogP contribution in [0.4, 0.5) is 0 Å². The van der Waals surface area contributed by atoms with Crippen molar-refractivity contribution in [1.29, 1.82) is 0 Å². The summed E-state index contributed by atoms with van der Waals surface area (Å²) in [5.74, 6) is -0.736. The number of para-hydroxylation sites is 1. The maximum atomic E-state index is 11.0. The van der Waals surface area contributed by atoms with E-state index in [-0.39, 0.29) is 6.04 Å². The molecule has 2 aromatic rings. The van der Waals surface area contributed by atoms with Gasteiger partial charge in [-0.15, -0.1) is 0 Å². The molecule has 2 heterocycles. The molecule has 1 aliphatic heterocycles. The summed E-state index contributed by atoms with van der Waals surface area (Å²) in [7, 11) is 0. The second kappa shape index (κ2) is 5.87. The van der Waals surface area contributed by atoms with Crippen LogP contribution in [0.15, 0.2) is 30.5 Å². The molecule has 0 spiro atoms. The van der Waals surface area contributed by atoms with Gasteiger partial charge in [-0.1, -0.05) is 18.2 Å². The van der Waals surface area contributed by atoms with E-state index < -0.39 is 5.97 Å². The van der Waals surface area contributed by atoms with Crippen molar-refractivity contribution in [2.24, 2.45) is 0 Å². The summed E-state index contributed by atoms with van der Waals surface area (Å²) in [5, 5.41) is 10.3. The van der Waals surface area contributed by atoms with Crippen molar-refractivity contribution < 1.29 is 9.90 Å². The molecule has 0 aliphatic carbocycles. The fourth-order valence-corrected chi connectivity index (χ4v) is 2.97. The minimum atomic E-state index is -0.736. The van der Waals surface area contributed by atoms with Crippen LogP contribution in [0.1, 0.15) is 12.5 Å². The van der Waals surface area contributed by atoms with Gasteiger partial charge in [0.1, 0.15) is 6.04 Å². The third-order valence-corrected chi connectivity index (χ3v) is 4.38. The predicted octanol–water partition coefficient (Wildman–Crippen LogP) is 1.76. The van der Waals surface area contributed by atoms with Crippen LogP contribution in [0.25, 0.3) is 10.9 Å². The summed E-state index contributed by atoms with van der Waals surface area (Å²) in [4.78, 5) is 18.8. The van der Waals surface area contributed by atoms with E-state index in [4.69, 9.17) is 5.11 Å². The van der Waals surface area contributed by atoms with Crippen LogP contribution in [0.5, 0.6) is 0 Å². The summed E-state index contributed by atoms with van der Waals surface area (Å²) in [6.45, 7) is 6.14. The molecular weight excluding hydrogens is 266 g/mol. The Kier molecular flexibility index (Phi) is 3.94. The molecule has 1 saturated heterocycles. The number of rotatable bonds is 4. The highest BCUT2D eigenvalue weighted by Gasteiger charge is 2.25. The molecule has 1 aromatic carbocycles. The van der Waals surface area contributed by atoms with Crippen molar-refractivity contribution in [1.82, 2.24) is 14.8 Å². The Morgan fingerprint density at radius 1 is 1.29 bits per heavy atom. The summed E-state index contributed by atoms with van der Waals surface area (Å²) < 4.78 is 0. The van der Waals surface area contributed by atoms with E-state index in [1.165, 1.54) is 16.5 Å². The Balaban J connectivity index is 1.62. The van der Waals surface area contributed by atoms with Crippen LogP contribution in [-0.4, -0.2) is 58.1 Å². The summed E-state index contributed by atoms with van der Waals surface area (Å²) in [6, 6.07) is 7.94. The van der Waals surface area contributed by atoms with Crippen LogP contribution in [0, 0.1) is 0 Å². The second-order valence-corrected chi connectivity index (χ2v) is 5.69. The molecule has 0 radical (unpaired) electrons. The number of hydrogen-bond donors (Lipinski definition) is 2. The molecule has 112 valence electrons. The van der Waals surface area contributed by atoms with Gasteiger partial charge in [-0.25, -0.2) is 0 Å². The minimum Gasteiger partial charge on any atom is -0.480 e. The first-order valence-corrected chi connectivity index (χ1v) is 7.39. The van der Waals surface area contributed by atoms with Crippen molar-refractivity contribution in [3.05, 3.63) is 36.0 Å². The van der Waals surface area contributed by atoms with Gasteiger partial charge >= 0.3 is 5.97 Å². The Labute approximate surface area is 124 Å². The Morgan fingerprint density at radius 2 is 2.00 bits per heavy atom. The number of carboxylic acids is 1. The Hall–Kier alpha value is -1.85. The fourth-order valence-electron chi connectivity index (χ4n) is 2.97. The number of carbonyl (C=O) groups is 1. The number of nitrogens with zero attached hydrogens (tertiary/aromatic N) is 2. The van der Waals surface area contributed by atoms with E-state index in [1.807, 2.05) is 11.0 Å². The van der Waals surface area contributed by atoms with E-state index >= 15 is 0 Å². The highest BCUT2D eigenvalue weighted by atomic mass is 16.4. The quantitative estimate of drug-likeness (QED) is 0.899. The minimum absolute atomic E-state index is 0.389. The molecule has 3 rings (SSSR count). The lowest BCUT2D eigenvalue weighted by molar-refractivity contribution is -0.143. The topological polar surface area (TPSA) is 59.6 Å². The van der Waals surface area contributed by atoms with Crippen LogP contribution in [-0.2, 0) is 11.3 Å². The zero-order valence-electron chi connectivity index (χ0n) is 12.2. The van der Waals surface area contributed by atoms with Gasteiger partial charge in [0.2, 0.25) is 0 Å². The number of hydrogen-bond acceptors (Lipinski definition) is 3. The van der Waals surface area contributed by atoms with Crippen LogP contribution in [0.3, 0.4) is 0 Å². The first-order valence-electron chi connectivity index (χ1n) is 7.39. The SMILES string of the molecule is CC(C(=O)O)N1CCN(Cc2c[nH]c3ccccc23)CC1. The molecule has 2 N–H and O–H groups in total.